The Balaban J connectivity index is 1.53. The van der Waals surface area contributed by atoms with E-state index in [1.165, 1.54) is 29.4 Å². The number of nitrogens with two attached hydrogens (primary N) is 1. The van der Waals surface area contributed by atoms with Crippen LogP contribution in [-0.2, 0) is 16.0 Å². The molecule has 3 aromatic carbocycles. The molecule has 4 rings (SSSR count). The average molecular weight is 487 g/mol. The van der Waals surface area contributed by atoms with E-state index in [9.17, 15) is 9.59 Å². The van der Waals surface area contributed by atoms with Crippen LogP contribution in [0.3, 0.4) is 0 Å². The van der Waals surface area contributed by atoms with Gasteiger partial charge in [0.15, 0.2) is 0 Å². The Morgan fingerprint density at radius 3 is 2.22 bits per heavy atom. The molecule has 0 aliphatic heterocycles. The largest absolute Gasteiger partial charge is 0.465 e. The Morgan fingerprint density at radius 2 is 1.61 bits per heavy atom. The Labute approximate surface area is 213 Å². The predicted octanol–water partition coefficient (Wildman–Crippen LogP) is 5.60. The first-order valence-electron chi connectivity index (χ1n) is 12.5. The van der Waals surface area contributed by atoms with Gasteiger partial charge in [0, 0.05) is 25.0 Å². The van der Waals surface area contributed by atoms with Gasteiger partial charge in [0.25, 0.3) is 0 Å². The summed E-state index contributed by atoms with van der Waals surface area (Å²) in [5.41, 5.74) is 12.4. The number of methoxy groups -OCH3 is 1. The average Bonchev–Trinajstić information content (AvgIpc) is 3.24. The van der Waals surface area contributed by atoms with Crippen LogP contribution < -0.4 is 5.73 Å². The Morgan fingerprint density at radius 1 is 0.972 bits per heavy atom. The van der Waals surface area contributed by atoms with Crippen molar-refractivity contribution in [2.75, 3.05) is 20.3 Å². The number of carbonyl (C=O) groups excluding carboxylic acids is 2. The maximum Gasteiger partial charge on any atom is 0.410 e. The quantitative estimate of drug-likeness (QED) is 0.398. The summed E-state index contributed by atoms with van der Waals surface area (Å²) in [6.45, 7) is 5.05. The smallest absolute Gasteiger partial charge is 0.410 e. The first-order chi connectivity index (χ1) is 17.4. The summed E-state index contributed by atoms with van der Waals surface area (Å²) in [5, 5.41) is 0. The molecule has 6 heteroatoms. The molecule has 0 radical (unpaired) electrons. The molecule has 0 saturated carbocycles. The number of nitrogens with zero attached hydrogens (tertiary/aromatic N) is 1. The second-order valence-corrected chi connectivity index (χ2v) is 9.43. The highest BCUT2D eigenvalue weighted by atomic mass is 16.6. The molecule has 1 amide bonds. The Kier molecular flexibility index (Phi) is 8.06. The van der Waals surface area contributed by atoms with Gasteiger partial charge in [-0.2, -0.15) is 0 Å². The topological polar surface area (TPSA) is 81.9 Å². The third kappa shape index (κ3) is 5.44. The molecule has 0 spiro atoms. The minimum atomic E-state index is -0.418. The van der Waals surface area contributed by atoms with Crippen molar-refractivity contribution >= 4 is 12.1 Å². The predicted molar refractivity (Wildman–Crippen MR) is 141 cm³/mol. The molecular weight excluding hydrogens is 452 g/mol. The van der Waals surface area contributed by atoms with Gasteiger partial charge in [0.05, 0.1) is 12.7 Å². The Bertz CT molecular complexity index is 1180. The molecular formula is C30H34N2O4. The first-order valence-corrected chi connectivity index (χ1v) is 12.5. The van der Waals surface area contributed by atoms with Crippen LogP contribution in [0.5, 0.6) is 0 Å². The zero-order valence-electron chi connectivity index (χ0n) is 21.1. The number of carbonyl (C=O) groups is 2. The van der Waals surface area contributed by atoms with Crippen LogP contribution >= 0.6 is 0 Å². The lowest BCUT2D eigenvalue weighted by atomic mass is 9.98. The molecule has 2 atom stereocenters. The number of ether oxygens (including phenoxy) is 2. The van der Waals surface area contributed by atoms with Crippen molar-refractivity contribution < 1.29 is 19.1 Å². The first kappa shape index (κ1) is 25.5. The highest BCUT2D eigenvalue weighted by Crippen LogP contribution is 2.44. The van der Waals surface area contributed by atoms with E-state index < -0.39 is 12.1 Å². The van der Waals surface area contributed by atoms with Crippen LogP contribution in [0.1, 0.15) is 53.2 Å². The molecule has 0 unspecified atom stereocenters. The van der Waals surface area contributed by atoms with Crippen LogP contribution in [0.25, 0.3) is 11.1 Å². The van der Waals surface area contributed by atoms with Gasteiger partial charge in [0.2, 0.25) is 0 Å². The van der Waals surface area contributed by atoms with Crippen LogP contribution in [-0.4, -0.2) is 43.3 Å². The molecule has 3 aromatic rings. The summed E-state index contributed by atoms with van der Waals surface area (Å²) >= 11 is 0. The van der Waals surface area contributed by atoms with Crippen molar-refractivity contribution in [3.05, 3.63) is 95.1 Å². The lowest BCUT2D eigenvalue weighted by Crippen LogP contribution is -2.44. The van der Waals surface area contributed by atoms with E-state index in [-0.39, 0.29) is 31.0 Å². The number of benzene rings is 3. The van der Waals surface area contributed by atoms with Crippen LogP contribution in [0.2, 0.25) is 0 Å². The maximum atomic E-state index is 13.4. The van der Waals surface area contributed by atoms with Gasteiger partial charge in [-0.25, -0.2) is 9.59 Å². The number of hydrogen-bond donors (Lipinski definition) is 1. The normalized spacial score (nSPS) is 13.9. The Hall–Kier alpha value is -3.64. The fraction of sp³-hybridized carbons (Fsp3) is 0.333. The van der Waals surface area contributed by atoms with Gasteiger partial charge >= 0.3 is 12.1 Å². The van der Waals surface area contributed by atoms with Crippen molar-refractivity contribution in [2.24, 2.45) is 11.7 Å². The summed E-state index contributed by atoms with van der Waals surface area (Å²) < 4.78 is 10.8. The zero-order chi connectivity index (χ0) is 25.7. The fourth-order valence-electron chi connectivity index (χ4n) is 4.76. The molecule has 188 valence electrons. The van der Waals surface area contributed by atoms with Crippen LogP contribution in [0, 0.1) is 5.92 Å². The maximum absolute atomic E-state index is 13.4. The summed E-state index contributed by atoms with van der Waals surface area (Å²) in [7, 11) is 1.35. The molecule has 2 N–H and O–H groups in total. The highest BCUT2D eigenvalue weighted by Gasteiger charge is 2.30. The molecule has 1 aliphatic rings. The lowest BCUT2D eigenvalue weighted by Gasteiger charge is -2.28. The zero-order valence-corrected chi connectivity index (χ0v) is 21.1. The van der Waals surface area contributed by atoms with Crippen molar-refractivity contribution in [2.45, 2.75) is 38.8 Å². The second-order valence-electron chi connectivity index (χ2n) is 9.43. The van der Waals surface area contributed by atoms with Gasteiger partial charge in [-0.3, -0.25) is 0 Å². The summed E-state index contributed by atoms with van der Waals surface area (Å²) in [6, 6.07) is 23.4. The third-order valence-electron chi connectivity index (χ3n) is 7.12. The van der Waals surface area contributed by atoms with E-state index in [0.717, 1.165) is 12.0 Å². The third-order valence-corrected chi connectivity index (χ3v) is 7.12. The van der Waals surface area contributed by atoms with Crippen LogP contribution in [0.4, 0.5) is 4.79 Å². The standard InChI is InChI=1S/C30H34N2O4/c1-4-20(2)28(31)18-32(17-21-10-9-11-22(16-21)29(33)35-3)30(34)36-19-27-25-14-7-5-12-23(25)24-13-6-8-15-26(24)27/h5-16,20,27-28H,4,17-19,31H2,1-3H3/t20-,28+/m0/s1. The second kappa shape index (κ2) is 11.4. The van der Waals surface area contributed by atoms with E-state index in [0.29, 0.717) is 12.1 Å². The van der Waals surface area contributed by atoms with Gasteiger partial charge < -0.3 is 20.1 Å². The summed E-state index contributed by atoms with van der Waals surface area (Å²) in [4.78, 5) is 27.0. The van der Waals surface area contributed by atoms with E-state index in [2.05, 4.69) is 38.1 Å². The summed E-state index contributed by atoms with van der Waals surface area (Å²) in [5.74, 6) is -0.190. The number of hydrogen-bond acceptors (Lipinski definition) is 5. The molecule has 0 heterocycles. The summed E-state index contributed by atoms with van der Waals surface area (Å²) in [6.07, 6.45) is 0.497. The van der Waals surface area contributed by atoms with Crippen LogP contribution in [0.15, 0.2) is 72.8 Å². The molecule has 0 saturated heterocycles. The van der Waals surface area contributed by atoms with Crippen molar-refractivity contribution in [1.29, 1.82) is 0 Å². The lowest BCUT2D eigenvalue weighted by molar-refractivity contribution is 0.0600. The van der Waals surface area contributed by atoms with E-state index in [1.54, 1.807) is 23.1 Å². The SMILES string of the molecule is CC[C@H](C)[C@H](N)CN(Cc1cccc(C(=O)OC)c1)C(=O)OCC1c2ccccc2-c2ccccc21. The van der Waals surface area contributed by atoms with Gasteiger partial charge in [-0.15, -0.1) is 0 Å². The minimum absolute atomic E-state index is 0.0194. The molecule has 1 aliphatic carbocycles. The molecule has 0 aromatic heterocycles. The van der Waals surface area contributed by atoms with E-state index in [4.69, 9.17) is 15.2 Å². The molecule has 6 nitrogen and oxygen atoms in total. The number of esters is 1. The minimum Gasteiger partial charge on any atom is -0.465 e. The molecule has 0 bridgehead atoms. The number of fused-ring (bicyclic) bond motifs is 3. The van der Waals surface area contributed by atoms with Crippen molar-refractivity contribution in [1.82, 2.24) is 4.90 Å². The monoisotopic (exact) mass is 486 g/mol. The molecule has 0 fully saturated rings. The molecule has 36 heavy (non-hydrogen) atoms. The van der Waals surface area contributed by atoms with Gasteiger partial charge in [-0.05, 0) is 45.9 Å². The van der Waals surface area contributed by atoms with Crippen molar-refractivity contribution in [3.8, 4) is 11.1 Å². The van der Waals surface area contributed by atoms with Gasteiger partial charge in [-0.1, -0.05) is 80.9 Å². The number of amides is 1. The van der Waals surface area contributed by atoms with Gasteiger partial charge in [0.1, 0.15) is 6.61 Å². The van der Waals surface area contributed by atoms with E-state index >= 15 is 0 Å². The highest BCUT2D eigenvalue weighted by molar-refractivity contribution is 5.89. The van der Waals surface area contributed by atoms with E-state index in [1.807, 2.05) is 30.3 Å². The number of rotatable bonds is 9. The fourth-order valence-corrected chi connectivity index (χ4v) is 4.76. The van der Waals surface area contributed by atoms with Crippen molar-refractivity contribution in [3.63, 3.8) is 0 Å².